The maximum atomic E-state index is 12.3. The fourth-order valence-electron chi connectivity index (χ4n) is 2.82. The highest BCUT2D eigenvalue weighted by molar-refractivity contribution is 6.02. The predicted molar refractivity (Wildman–Crippen MR) is 106 cm³/mol. The molecule has 7 nitrogen and oxygen atoms in total. The minimum Gasteiger partial charge on any atom is -0.490 e. The molecule has 0 atom stereocenters. The second-order valence-corrected chi connectivity index (χ2v) is 6.38. The highest BCUT2D eigenvalue weighted by Gasteiger charge is 2.22. The smallest absolute Gasteiger partial charge is 0.306 e. The lowest BCUT2D eigenvalue weighted by atomic mass is 10.1. The van der Waals surface area contributed by atoms with Crippen LogP contribution in [0.15, 0.2) is 59.7 Å². The molecule has 1 aliphatic rings. The molecule has 0 saturated heterocycles. The van der Waals surface area contributed by atoms with E-state index >= 15 is 0 Å². The predicted octanol–water partition coefficient (Wildman–Crippen LogP) is 2.90. The molecule has 2 aromatic carbocycles. The minimum atomic E-state index is -0.451. The average molecular weight is 391 g/mol. The van der Waals surface area contributed by atoms with Crippen LogP contribution in [-0.4, -0.2) is 42.4 Å². The Kier molecular flexibility index (Phi) is 6.95. The van der Waals surface area contributed by atoms with Crippen LogP contribution in [-0.2, 0) is 14.3 Å². The molecule has 0 spiro atoms. The molecule has 29 heavy (non-hydrogen) atoms. The Morgan fingerprint density at radius 2 is 1.79 bits per heavy atom. The lowest BCUT2D eigenvalue weighted by Gasteiger charge is -2.11. The highest BCUT2D eigenvalue weighted by Crippen LogP contribution is 2.15. The minimum absolute atomic E-state index is 0.00237. The van der Waals surface area contributed by atoms with Crippen molar-refractivity contribution >= 4 is 17.6 Å². The third kappa shape index (κ3) is 5.91. The van der Waals surface area contributed by atoms with Gasteiger partial charge in [0.15, 0.2) is 0 Å². The normalized spacial score (nSPS) is 12.8. The summed E-state index contributed by atoms with van der Waals surface area (Å²) >= 11 is 0. The summed E-state index contributed by atoms with van der Waals surface area (Å²) in [6.07, 6.45) is 0.760. The van der Waals surface area contributed by atoms with E-state index in [0.29, 0.717) is 24.3 Å². The Labute approximate surface area is 169 Å². The van der Waals surface area contributed by atoms with Crippen LogP contribution in [0.3, 0.4) is 0 Å². The second-order valence-electron chi connectivity index (χ2n) is 6.38. The molecule has 0 bridgehead atoms. The van der Waals surface area contributed by atoms with Crippen LogP contribution in [0.2, 0.25) is 0 Å². The highest BCUT2D eigenvalue weighted by atomic mass is 16.6. The molecular formula is C22H21N3O4. The number of carbonyl (C=O) groups excluding carboxylic acids is 2. The quantitative estimate of drug-likeness (QED) is 0.510. The second kappa shape index (κ2) is 10.0. The largest absolute Gasteiger partial charge is 0.490 e. The molecule has 3 rings (SSSR count). The van der Waals surface area contributed by atoms with Gasteiger partial charge in [-0.2, -0.15) is 10.4 Å². The molecule has 7 heteroatoms. The fourth-order valence-corrected chi connectivity index (χ4v) is 2.82. The van der Waals surface area contributed by atoms with E-state index in [2.05, 4.69) is 5.10 Å². The van der Waals surface area contributed by atoms with Gasteiger partial charge in [0.25, 0.3) is 0 Å². The van der Waals surface area contributed by atoms with Crippen molar-refractivity contribution < 1.29 is 19.1 Å². The lowest BCUT2D eigenvalue weighted by molar-refractivity contribution is -0.146. The first-order valence-corrected chi connectivity index (χ1v) is 9.37. The first-order valence-electron chi connectivity index (χ1n) is 9.37. The van der Waals surface area contributed by atoms with E-state index in [4.69, 9.17) is 14.7 Å². The molecule has 0 fully saturated rings. The molecule has 0 aliphatic carbocycles. The molecule has 148 valence electrons. The Balaban J connectivity index is 1.34. The number of carbonyl (C=O) groups is 2. The van der Waals surface area contributed by atoms with Gasteiger partial charge in [-0.1, -0.05) is 30.3 Å². The van der Waals surface area contributed by atoms with Gasteiger partial charge in [0, 0.05) is 12.8 Å². The molecule has 0 aromatic heterocycles. The van der Waals surface area contributed by atoms with Crippen LogP contribution in [0, 0.1) is 11.3 Å². The van der Waals surface area contributed by atoms with Crippen LogP contribution >= 0.6 is 0 Å². The van der Waals surface area contributed by atoms with E-state index in [-0.39, 0.29) is 32.0 Å². The maximum absolute atomic E-state index is 12.3. The zero-order valence-electron chi connectivity index (χ0n) is 15.9. The van der Waals surface area contributed by atoms with Crippen LogP contribution in [0.25, 0.3) is 0 Å². The number of benzene rings is 2. The molecule has 0 radical (unpaired) electrons. The summed E-state index contributed by atoms with van der Waals surface area (Å²) in [5, 5.41) is 14.5. The van der Waals surface area contributed by atoms with Crippen molar-refractivity contribution in [2.45, 2.75) is 19.3 Å². The van der Waals surface area contributed by atoms with Crippen LogP contribution in [0.4, 0.5) is 0 Å². The Morgan fingerprint density at radius 1 is 1.03 bits per heavy atom. The van der Waals surface area contributed by atoms with Gasteiger partial charge in [0.1, 0.15) is 19.0 Å². The first-order chi connectivity index (χ1) is 14.2. The summed E-state index contributed by atoms with van der Waals surface area (Å²) in [6, 6.07) is 18.4. The molecule has 1 amide bonds. The topological polar surface area (TPSA) is 92.0 Å². The third-order valence-corrected chi connectivity index (χ3v) is 4.34. The molecule has 0 saturated carbocycles. The molecular weight excluding hydrogens is 370 g/mol. The van der Waals surface area contributed by atoms with Crippen LogP contribution < -0.4 is 4.74 Å². The molecule has 1 aliphatic heterocycles. The Morgan fingerprint density at radius 3 is 2.52 bits per heavy atom. The van der Waals surface area contributed by atoms with Gasteiger partial charge in [-0.15, -0.1) is 0 Å². The lowest BCUT2D eigenvalue weighted by Crippen LogP contribution is -2.24. The van der Waals surface area contributed by atoms with Crippen molar-refractivity contribution in [1.82, 2.24) is 5.01 Å². The van der Waals surface area contributed by atoms with Crippen LogP contribution in [0.5, 0.6) is 5.75 Å². The fraction of sp³-hybridized carbons (Fsp3) is 0.273. The van der Waals surface area contributed by atoms with E-state index < -0.39 is 5.97 Å². The number of nitriles is 1. The Bertz CT molecular complexity index is 917. The van der Waals surface area contributed by atoms with Crippen molar-refractivity contribution in [3.63, 3.8) is 0 Å². The number of hydrogen-bond acceptors (Lipinski definition) is 6. The van der Waals surface area contributed by atoms with E-state index in [9.17, 15) is 9.59 Å². The molecule has 2 aromatic rings. The summed E-state index contributed by atoms with van der Waals surface area (Å²) < 4.78 is 10.5. The summed E-state index contributed by atoms with van der Waals surface area (Å²) in [4.78, 5) is 24.1. The van der Waals surface area contributed by atoms with Crippen molar-refractivity contribution in [3.8, 4) is 11.8 Å². The zero-order valence-corrected chi connectivity index (χ0v) is 15.9. The number of nitrogens with zero attached hydrogens (tertiary/aromatic N) is 3. The summed E-state index contributed by atoms with van der Waals surface area (Å²) in [5.74, 6) is -0.0497. The standard InChI is InChI=1S/C22H21N3O4/c23-16-17-6-8-19(9-7-17)28-14-15-29-22(27)11-10-21(26)25-13-12-20(24-25)18-4-2-1-3-5-18/h1-9H,10-15H2. The summed E-state index contributed by atoms with van der Waals surface area (Å²) in [6.45, 7) is 0.812. The average Bonchev–Trinajstić information content (AvgIpc) is 3.26. The van der Waals surface area contributed by atoms with E-state index in [1.807, 2.05) is 36.4 Å². The Hall–Kier alpha value is -3.66. The van der Waals surface area contributed by atoms with Crippen LogP contribution in [0.1, 0.15) is 30.4 Å². The number of hydrogen-bond donors (Lipinski definition) is 0. The number of esters is 1. The number of amides is 1. The van der Waals surface area contributed by atoms with Gasteiger partial charge >= 0.3 is 5.97 Å². The van der Waals surface area contributed by atoms with Crippen molar-refractivity contribution in [1.29, 1.82) is 5.26 Å². The van der Waals surface area contributed by atoms with Gasteiger partial charge in [0.2, 0.25) is 5.91 Å². The van der Waals surface area contributed by atoms with Gasteiger partial charge in [-0.25, -0.2) is 5.01 Å². The number of ether oxygens (including phenoxy) is 2. The monoisotopic (exact) mass is 391 g/mol. The number of hydrazone groups is 1. The third-order valence-electron chi connectivity index (χ3n) is 4.34. The molecule has 1 heterocycles. The molecule has 0 N–H and O–H groups in total. The van der Waals surface area contributed by atoms with Crippen molar-refractivity contribution in [2.24, 2.45) is 5.10 Å². The number of rotatable bonds is 8. The maximum Gasteiger partial charge on any atom is 0.306 e. The zero-order chi connectivity index (χ0) is 20.5. The first kappa shape index (κ1) is 20.1. The van der Waals surface area contributed by atoms with Gasteiger partial charge < -0.3 is 9.47 Å². The van der Waals surface area contributed by atoms with E-state index in [1.54, 1.807) is 24.3 Å². The summed E-state index contributed by atoms with van der Waals surface area (Å²) in [5.41, 5.74) is 2.43. The van der Waals surface area contributed by atoms with Gasteiger partial charge in [-0.3, -0.25) is 9.59 Å². The molecule has 0 unspecified atom stereocenters. The SMILES string of the molecule is N#Cc1ccc(OCCOC(=O)CCC(=O)N2CCC(c3ccccc3)=N2)cc1. The van der Waals surface area contributed by atoms with Gasteiger partial charge in [-0.05, 0) is 29.8 Å². The van der Waals surface area contributed by atoms with Gasteiger partial charge in [0.05, 0.1) is 30.3 Å². The van der Waals surface area contributed by atoms with Crippen molar-refractivity contribution in [3.05, 3.63) is 65.7 Å². The van der Waals surface area contributed by atoms with E-state index in [1.165, 1.54) is 5.01 Å². The summed E-state index contributed by atoms with van der Waals surface area (Å²) in [7, 11) is 0. The van der Waals surface area contributed by atoms with Crippen molar-refractivity contribution in [2.75, 3.05) is 19.8 Å². The van der Waals surface area contributed by atoms with E-state index in [0.717, 1.165) is 11.3 Å².